The monoisotopic (exact) mass is 373 g/mol. The first-order valence-electron chi connectivity index (χ1n) is 5.80. The largest absolute Gasteiger partial charge is 0.496 e. The summed E-state index contributed by atoms with van der Waals surface area (Å²) >= 11 is 4.42. The number of hydrogen-bond acceptors (Lipinski definition) is 6. The number of carboxylic acids is 1. The van der Waals surface area contributed by atoms with Crippen LogP contribution in [-0.2, 0) is 11.4 Å². The van der Waals surface area contributed by atoms with Gasteiger partial charge in [0.15, 0.2) is 11.0 Å². The molecule has 7 nitrogen and oxygen atoms in total. The highest BCUT2D eigenvalue weighted by Gasteiger charge is 2.16. The van der Waals surface area contributed by atoms with E-state index in [9.17, 15) is 9.90 Å². The summed E-state index contributed by atoms with van der Waals surface area (Å²) in [5.41, 5.74) is 0.699. The van der Waals surface area contributed by atoms with E-state index >= 15 is 0 Å². The van der Waals surface area contributed by atoms with E-state index in [1.54, 1.807) is 29.9 Å². The third-order valence-electron chi connectivity index (χ3n) is 2.56. The average molecular weight is 374 g/mol. The molecular formula is C12H12BrN3O4S. The van der Waals surface area contributed by atoms with Gasteiger partial charge in [-0.3, -0.25) is 9.36 Å². The lowest BCUT2D eigenvalue weighted by Crippen LogP contribution is -2.05. The Labute approximate surface area is 133 Å². The van der Waals surface area contributed by atoms with Crippen LogP contribution in [0.25, 0.3) is 5.69 Å². The van der Waals surface area contributed by atoms with Gasteiger partial charge in [-0.05, 0) is 34.1 Å². The Morgan fingerprint density at radius 2 is 2.24 bits per heavy atom. The van der Waals surface area contributed by atoms with Gasteiger partial charge in [-0.1, -0.05) is 11.8 Å². The predicted octanol–water partition coefficient (Wildman–Crippen LogP) is 1.71. The van der Waals surface area contributed by atoms with E-state index in [1.807, 2.05) is 0 Å². The van der Waals surface area contributed by atoms with E-state index in [1.165, 1.54) is 0 Å². The van der Waals surface area contributed by atoms with Crippen molar-refractivity contribution in [2.75, 3.05) is 12.9 Å². The molecule has 9 heteroatoms. The number of carbonyl (C=O) groups is 1. The number of thioether (sulfide) groups is 1. The lowest BCUT2D eigenvalue weighted by atomic mass is 10.3. The Morgan fingerprint density at radius 3 is 2.81 bits per heavy atom. The van der Waals surface area contributed by atoms with E-state index in [0.717, 1.165) is 16.2 Å². The first-order valence-corrected chi connectivity index (χ1v) is 7.58. The van der Waals surface area contributed by atoms with Crippen LogP contribution in [0.15, 0.2) is 27.8 Å². The van der Waals surface area contributed by atoms with Crippen LogP contribution < -0.4 is 4.74 Å². The van der Waals surface area contributed by atoms with Crippen LogP contribution in [0.3, 0.4) is 0 Å². The molecule has 0 atom stereocenters. The SMILES string of the molecule is COc1ccc(-n2c(CO)nnc2SCC(=O)O)cc1Br. The molecule has 0 fully saturated rings. The maximum absolute atomic E-state index is 10.7. The van der Waals surface area contributed by atoms with Gasteiger partial charge in [0, 0.05) is 0 Å². The summed E-state index contributed by atoms with van der Waals surface area (Å²) in [4.78, 5) is 10.7. The number of aliphatic hydroxyl groups excluding tert-OH is 1. The van der Waals surface area contributed by atoms with Gasteiger partial charge in [-0.25, -0.2) is 0 Å². The Balaban J connectivity index is 2.43. The van der Waals surface area contributed by atoms with E-state index in [2.05, 4.69) is 26.1 Å². The third kappa shape index (κ3) is 3.55. The van der Waals surface area contributed by atoms with Crippen molar-refractivity contribution in [3.8, 4) is 11.4 Å². The summed E-state index contributed by atoms with van der Waals surface area (Å²) in [6.07, 6.45) is 0. The molecule has 2 aromatic rings. The number of aromatic nitrogens is 3. The normalized spacial score (nSPS) is 10.6. The van der Waals surface area contributed by atoms with Gasteiger partial charge in [-0.2, -0.15) is 0 Å². The molecule has 1 aromatic carbocycles. The first kappa shape index (κ1) is 15.8. The molecular weight excluding hydrogens is 362 g/mol. The molecule has 0 aliphatic heterocycles. The molecule has 0 aliphatic carbocycles. The molecule has 0 saturated heterocycles. The topological polar surface area (TPSA) is 97.5 Å². The minimum Gasteiger partial charge on any atom is -0.496 e. The molecule has 0 radical (unpaired) electrons. The highest BCUT2D eigenvalue weighted by molar-refractivity contribution is 9.10. The fourth-order valence-corrected chi connectivity index (χ4v) is 2.90. The summed E-state index contributed by atoms with van der Waals surface area (Å²) in [5, 5.41) is 26.3. The molecule has 0 bridgehead atoms. The molecule has 112 valence electrons. The van der Waals surface area contributed by atoms with Crippen molar-refractivity contribution in [2.45, 2.75) is 11.8 Å². The second-order valence-corrected chi connectivity index (χ2v) is 5.69. The van der Waals surface area contributed by atoms with Crippen LogP contribution in [0.5, 0.6) is 5.75 Å². The van der Waals surface area contributed by atoms with E-state index in [-0.39, 0.29) is 12.4 Å². The molecule has 1 aromatic heterocycles. The van der Waals surface area contributed by atoms with Crippen molar-refractivity contribution < 1.29 is 19.7 Å². The minimum absolute atomic E-state index is 0.138. The quantitative estimate of drug-likeness (QED) is 0.743. The zero-order valence-electron chi connectivity index (χ0n) is 11.0. The van der Waals surface area contributed by atoms with Crippen molar-refractivity contribution in [1.29, 1.82) is 0 Å². The molecule has 2 rings (SSSR count). The van der Waals surface area contributed by atoms with E-state index < -0.39 is 5.97 Å². The van der Waals surface area contributed by atoms with Crippen LogP contribution in [-0.4, -0.2) is 43.8 Å². The highest BCUT2D eigenvalue weighted by atomic mass is 79.9. The smallest absolute Gasteiger partial charge is 0.313 e. The number of aliphatic hydroxyl groups is 1. The highest BCUT2D eigenvalue weighted by Crippen LogP contribution is 2.29. The van der Waals surface area contributed by atoms with Crippen LogP contribution in [0.2, 0.25) is 0 Å². The van der Waals surface area contributed by atoms with Crippen molar-refractivity contribution in [1.82, 2.24) is 14.8 Å². The second-order valence-electron chi connectivity index (χ2n) is 3.89. The average Bonchev–Trinajstić information content (AvgIpc) is 2.87. The zero-order valence-corrected chi connectivity index (χ0v) is 13.4. The van der Waals surface area contributed by atoms with Gasteiger partial charge in [0.1, 0.15) is 12.4 Å². The van der Waals surface area contributed by atoms with Crippen molar-refractivity contribution in [3.63, 3.8) is 0 Å². The Kier molecular flexibility index (Phi) is 5.21. The summed E-state index contributed by atoms with van der Waals surface area (Å²) in [7, 11) is 1.56. The van der Waals surface area contributed by atoms with Crippen LogP contribution in [0, 0.1) is 0 Å². The first-order chi connectivity index (χ1) is 10.1. The fraction of sp³-hybridized carbons (Fsp3) is 0.250. The Hall–Kier alpha value is -1.58. The Morgan fingerprint density at radius 1 is 1.48 bits per heavy atom. The number of ether oxygens (including phenoxy) is 1. The van der Waals surface area contributed by atoms with Crippen molar-refractivity contribution in [3.05, 3.63) is 28.5 Å². The number of hydrogen-bond donors (Lipinski definition) is 2. The molecule has 1 heterocycles. The van der Waals surface area contributed by atoms with Gasteiger partial charge in [0.05, 0.1) is 23.0 Å². The molecule has 2 N–H and O–H groups in total. The maximum atomic E-state index is 10.7. The Bertz CT molecular complexity index is 662. The summed E-state index contributed by atoms with van der Waals surface area (Å²) in [5.74, 6) is -0.0889. The number of benzene rings is 1. The number of aliphatic carboxylic acids is 1. The van der Waals surface area contributed by atoms with Gasteiger partial charge in [-0.15, -0.1) is 10.2 Å². The number of methoxy groups -OCH3 is 1. The molecule has 0 saturated carbocycles. The standard InChI is InChI=1S/C12H12BrN3O4S/c1-20-9-3-2-7(4-8(9)13)16-10(5-17)14-15-12(16)21-6-11(18)19/h2-4,17H,5-6H2,1H3,(H,18,19). The molecule has 0 spiro atoms. The lowest BCUT2D eigenvalue weighted by Gasteiger charge is -2.10. The molecule has 0 unspecified atom stereocenters. The number of rotatable bonds is 6. The van der Waals surface area contributed by atoms with Gasteiger partial charge >= 0.3 is 5.97 Å². The third-order valence-corrected chi connectivity index (χ3v) is 4.09. The van der Waals surface area contributed by atoms with Crippen LogP contribution >= 0.6 is 27.7 Å². The molecule has 0 aliphatic rings. The summed E-state index contributed by atoms with van der Waals surface area (Å²) < 4.78 is 7.50. The predicted molar refractivity (Wildman–Crippen MR) is 79.9 cm³/mol. The van der Waals surface area contributed by atoms with E-state index in [0.29, 0.717) is 22.4 Å². The lowest BCUT2D eigenvalue weighted by molar-refractivity contribution is -0.133. The number of carboxylic acid groups (broad SMARTS) is 1. The number of halogens is 1. The van der Waals surface area contributed by atoms with Gasteiger partial charge in [0.2, 0.25) is 0 Å². The summed E-state index contributed by atoms with van der Waals surface area (Å²) in [6, 6.07) is 5.31. The summed E-state index contributed by atoms with van der Waals surface area (Å²) in [6.45, 7) is -0.301. The van der Waals surface area contributed by atoms with Gasteiger partial charge < -0.3 is 14.9 Å². The minimum atomic E-state index is -0.948. The van der Waals surface area contributed by atoms with Crippen LogP contribution in [0.4, 0.5) is 0 Å². The van der Waals surface area contributed by atoms with E-state index in [4.69, 9.17) is 9.84 Å². The van der Waals surface area contributed by atoms with Gasteiger partial charge in [0.25, 0.3) is 0 Å². The molecule has 0 amide bonds. The molecule has 21 heavy (non-hydrogen) atoms. The maximum Gasteiger partial charge on any atom is 0.313 e. The fourth-order valence-electron chi connectivity index (χ4n) is 1.68. The van der Waals surface area contributed by atoms with Crippen molar-refractivity contribution in [2.24, 2.45) is 0 Å². The number of nitrogens with zero attached hydrogens (tertiary/aromatic N) is 3. The van der Waals surface area contributed by atoms with Crippen LogP contribution in [0.1, 0.15) is 5.82 Å². The second kappa shape index (κ2) is 6.92. The zero-order chi connectivity index (χ0) is 15.4. The van der Waals surface area contributed by atoms with Crippen molar-refractivity contribution >= 4 is 33.7 Å².